The fourth-order valence-corrected chi connectivity index (χ4v) is 16.7. The molecule has 1 heterocycles. The molecule has 2 aromatic rings. The molecular weight excluding hydrogens is 350 g/mol. The molecule has 0 aromatic heterocycles. The number of hydrogen-bond acceptors (Lipinski definition) is 1. The smallest absolute Gasteiger partial charge is 0.249 e. The SMILES string of the molecule is Cc1c(-c2cccc3c2C=CC3)c(C(N)=O)c2c(C)c1[Si](C)(C)[Si]2(C)C. The second-order valence-electron chi connectivity index (χ2n) is 8.85. The lowest BCUT2D eigenvalue weighted by Gasteiger charge is -2.33. The second kappa shape index (κ2) is 5.30. The van der Waals surface area contributed by atoms with Gasteiger partial charge in [0.1, 0.15) is 0 Å². The van der Waals surface area contributed by atoms with E-state index in [0.717, 1.165) is 17.5 Å². The molecule has 0 fully saturated rings. The van der Waals surface area contributed by atoms with Crippen LogP contribution in [0.1, 0.15) is 32.6 Å². The van der Waals surface area contributed by atoms with E-state index < -0.39 is 15.2 Å². The Bertz CT molecular complexity index is 1020. The molecule has 0 spiro atoms. The van der Waals surface area contributed by atoms with Gasteiger partial charge in [-0.3, -0.25) is 4.79 Å². The lowest BCUT2D eigenvalue weighted by Crippen LogP contribution is -2.64. The van der Waals surface area contributed by atoms with E-state index in [9.17, 15) is 4.79 Å². The van der Waals surface area contributed by atoms with Crippen molar-refractivity contribution in [3.63, 3.8) is 0 Å². The summed E-state index contributed by atoms with van der Waals surface area (Å²) in [6, 6.07) is 6.47. The van der Waals surface area contributed by atoms with Gasteiger partial charge in [0.05, 0.1) is 15.2 Å². The summed E-state index contributed by atoms with van der Waals surface area (Å²) < 4.78 is 0. The first kappa shape index (κ1) is 17.5. The third-order valence-electron chi connectivity index (χ3n) is 7.15. The molecule has 1 amide bonds. The Morgan fingerprint density at radius 2 is 1.65 bits per heavy atom. The van der Waals surface area contributed by atoms with E-state index in [4.69, 9.17) is 5.73 Å². The van der Waals surface area contributed by atoms with Crippen LogP contribution in [-0.4, -0.2) is 21.1 Å². The Morgan fingerprint density at radius 3 is 2.31 bits per heavy atom. The second-order valence-corrected chi connectivity index (χ2v) is 23.8. The van der Waals surface area contributed by atoms with Crippen molar-refractivity contribution in [2.45, 2.75) is 46.5 Å². The molecule has 4 rings (SSSR count). The molecule has 2 nitrogen and oxygen atoms in total. The summed E-state index contributed by atoms with van der Waals surface area (Å²) in [5.74, 6) is -0.264. The highest BCUT2D eigenvalue weighted by Gasteiger charge is 2.54. The van der Waals surface area contributed by atoms with Gasteiger partial charge in [-0.2, -0.15) is 0 Å². The Balaban J connectivity index is 2.20. The zero-order valence-electron chi connectivity index (χ0n) is 16.6. The molecule has 134 valence electrons. The van der Waals surface area contributed by atoms with Crippen molar-refractivity contribution < 1.29 is 4.79 Å². The Labute approximate surface area is 157 Å². The molecule has 26 heavy (non-hydrogen) atoms. The van der Waals surface area contributed by atoms with Crippen molar-refractivity contribution in [1.82, 2.24) is 0 Å². The number of nitrogens with two attached hydrogens (primary N) is 1. The highest BCUT2D eigenvalue weighted by atomic mass is 29.3. The monoisotopic (exact) mass is 377 g/mol. The quantitative estimate of drug-likeness (QED) is 0.799. The lowest BCUT2D eigenvalue weighted by atomic mass is 9.88. The minimum absolute atomic E-state index is 0.264. The van der Waals surface area contributed by atoms with Crippen LogP contribution in [0.3, 0.4) is 0 Å². The third kappa shape index (κ3) is 1.94. The summed E-state index contributed by atoms with van der Waals surface area (Å²) in [6.45, 7) is 14.3. The number of primary amides is 1. The molecule has 0 saturated heterocycles. The fraction of sp³-hybridized carbons (Fsp3) is 0.318. The number of rotatable bonds is 2. The van der Waals surface area contributed by atoms with Crippen LogP contribution in [-0.2, 0) is 6.42 Å². The average Bonchev–Trinajstić information content (AvgIpc) is 3.05. The lowest BCUT2D eigenvalue weighted by molar-refractivity contribution is 0.100. The van der Waals surface area contributed by atoms with Gasteiger partial charge < -0.3 is 5.73 Å². The van der Waals surface area contributed by atoms with Crippen LogP contribution < -0.4 is 16.1 Å². The van der Waals surface area contributed by atoms with Crippen LogP contribution in [0.5, 0.6) is 0 Å². The average molecular weight is 378 g/mol. The van der Waals surface area contributed by atoms with E-state index in [0.29, 0.717) is 0 Å². The van der Waals surface area contributed by atoms with Crippen molar-refractivity contribution in [3.05, 3.63) is 52.1 Å². The molecule has 2 N–H and O–H groups in total. The first-order valence-electron chi connectivity index (χ1n) is 9.37. The zero-order chi connectivity index (χ0) is 19.0. The molecule has 1 aliphatic heterocycles. The number of carbonyl (C=O) groups excluding carboxylic acids is 1. The van der Waals surface area contributed by atoms with E-state index in [-0.39, 0.29) is 5.91 Å². The summed E-state index contributed by atoms with van der Waals surface area (Å²) in [5.41, 5.74) is 14.4. The Morgan fingerprint density at radius 1 is 1.00 bits per heavy atom. The van der Waals surface area contributed by atoms with Gasteiger partial charge >= 0.3 is 0 Å². The van der Waals surface area contributed by atoms with Gasteiger partial charge in [0.2, 0.25) is 5.91 Å². The maximum Gasteiger partial charge on any atom is 0.249 e. The number of carbonyl (C=O) groups is 1. The van der Waals surface area contributed by atoms with Crippen LogP contribution >= 0.6 is 0 Å². The van der Waals surface area contributed by atoms with Gasteiger partial charge in [0.25, 0.3) is 0 Å². The number of amides is 1. The van der Waals surface area contributed by atoms with Crippen molar-refractivity contribution in [1.29, 1.82) is 0 Å². The first-order valence-corrected chi connectivity index (χ1v) is 16.4. The number of benzene rings is 2. The molecule has 2 aromatic carbocycles. The first-order chi connectivity index (χ1) is 12.1. The maximum atomic E-state index is 12.7. The minimum atomic E-state index is -1.74. The predicted octanol–water partition coefficient (Wildman–Crippen LogP) is 3.56. The van der Waals surface area contributed by atoms with Crippen LogP contribution in [0.15, 0.2) is 24.3 Å². The van der Waals surface area contributed by atoms with Crippen molar-refractivity contribution in [2.24, 2.45) is 5.73 Å². The molecule has 1 aliphatic carbocycles. The highest BCUT2D eigenvalue weighted by molar-refractivity contribution is 7.52. The molecule has 0 radical (unpaired) electrons. The van der Waals surface area contributed by atoms with E-state index in [2.05, 4.69) is 70.4 Å². The fourth-order valence-electron chi connectivity index (χ4n) is 5.47. The summed E-state index contributed by atoms with van der Waals surface area (Å²) in [4.78, 5) is 12.7. The summed E-state index contributed by atoms with van der Waals surface area (Å²) in [7, 11) is -3.38. The Kier molecular flexibility index (Phi) is 3.57. The van der Waals surface area contributed by atoms with Crippen molar-refractivity contribution in [2.75, 3.05) is 0 Å². The van der Waals surface area contributed by atoms with Gasteiger partial charge in [-0.15, -0.1) is 0 Å². The molecule has 0 saturated carbocycles. The Hall–Kier alpha value is -1.92. The van der Waals surface area contributed by atoms with Gasteiger partial charge in [-0.25, -0.2) is 0 Å². The van der Waals surface area contributed by atoms with Gasteiger partial charge in [-0.05, 0) is 53.3 Å². The van der Waals surface area contributed by atoms with Crippen LogP contribution in [0, 0.1) is 13.8 Å². The molecular formula is C22H27NOSi2. The summed E-state index contributed by atoms with van der Waals surface area (Å²) >= 11 is 0. The van der Waals surface area contributed by atoms with E-state index in [1.165, 1.54) is 33.0 Å². The number of hydrogen-bond donors (Lipinski definition) is 1. The van der Waals surface area contributed by atoms with Crippen LogP contribution in [0.4, 0.5) is 0 Å². The van der Waals surface area contributed by atoms with Gasteiger partial charge in [-0.1, -0.05) is 67.3 Å². The molecule has 0 atom stereocenters. The number of allylic oxidation sites excluding steroid dienone is 1. The summed E-state index contributed by atoms with van der Waals surface area (Å²) in [6.07, 6.45) is 5.39. The third-order valence-corrected chi connectivity index (χ3v) is 25.0. The highest BCUT2D eigenvalue weighted by Crippen LogP contribution is 2.40. The number of fused-ring (bicyclic) bond motifs is 3. The molecule has 2 aliphatic rings. The largest absolute Gasteiger partial charge is 0.366 e. The van der Waals surface area contributed by atoms with E-state index in [1.807, 2.05) is 0 Å². The standard InChI is InChI=1S/C22H27NOSi2/c1-13-18(17-12-8-10-15-9-7-11-16(15)17)19(22(23)24)21-14(2)20(13)25(3,4)26(21,5)6/h7-8,10-12H,9H2,1-6H3,(H2,23,24). The van der Waals surface area contributed by atoms with E-state index in [1.54, 1.807) is 5.19 Å². The van der Waals surface area contributed by atoms with E-state index >= 15 is 0 Å². The zero-order valence-corrected chi connectivity index (χ0v) is 18.6. The minimum Gasteiger partial charge on any atom is -0.366 e. The topological polar surface area (TPSA) is 43.1 Å². The van der Waals surface area contributed by atoms with Gasteiger partial charge in [0, 0.05) is 5.56 Å². The molecule has 2 bridgehead atoms. The predicted molar refractivity (Wildman–Crippen MR) is 117 cm³/mol. The molecule has 4 heteroatoms. The van der Waals surface area contributed by atoms with Crippen molar-refractivity contribution >= 4 is 37.5 Å². The van der Waals surface area contributed by atoms with Crippen LogP contribution in [0.2, 0.25) is 26.2 Å². The normalized spacial score (nSPS) is 18.2. The summed E-state index contributed by atoms with van der Waals surface area (Å²) in [5, 5.41) is 2.90. The van der Waals surface area contributed by atoms with Gasteiger partial charge in [0.15, 0.2) is 0 Å². The van der Waals surface area contributed by atoms with Crippen LogP contribution in [0.25, 0.3) is 17.2 Å². The maximum absolute atomic E-state index is 12.7. The molecule has 0 unspecified atom stereocenters. The van der Waals surface area contributed by atoms with Crippen molar-refractivity contribution in [3.8, 4) is 11.1 Å².